The highest BCUT2D eigenvalue weighted by Gasteiger charge is 2.25. The van der Waals surface area contributed by atoms with Crippen LogP contribution in [0.15, 0.2) is 12.2 Å². The van der Waals surface area contributed by atoms with Gasteiger partial charge in [-0.25, -0.2) is 14.6 Å². The van der Waals surface area contributed by atoms with Crippen LogP contribution in [0.25, 0.3) is 0 Å². The Balaban J connectivity index is 2.64. The molecule has 2 atom stereocenters. The molecule has 1 heterocycles. The van der Waals surface area contributed by atoms with Gasteiger partial charge in [0.1, 0.15) is 18.6 Å². The Kier molecular flexibility index (Phi) is 11.4. The standard InChI is InChI=1S/C20H32N6O7/c1-4-33-17(29)9-8-16(28)26(12-15(21)27)24-19(31)14(3)22-18(30)13(2)23-20(32)25-10-6-5-7-11-25/h8-9,13-14H,4-7,10-12H2,1-3H3,(H2,21,27)(H,22,30)(H,23,32)(H,24,31)/b9-8+/t13-,14+/m1/s1. The van der Waals surface area contributed by atoms with E-state index in [2.05, 4.69) is 20.8 Å². The number of urea groups is 1. The first-order valence-electron chi connectivity index (χ1n) is 10.7. The Morgan fingerprint density at radius 3 is 2.15 bits per heavy atom. The van der Waals surface area contributed by atoms with Crippen LogP contribution in [-0.2, 0) is 28.7 Å². The van der Waals surface area contributed by atoms with Crippen LogP contribution in [0.3, 0.4) is 0 Å². The summed E-state index contributed by atoms with van der Waals surface area (Å²) in [6.07, 6.45) is 4.51. The minimum Gasteiger partial charge on any atom is -0.463 e. The van der Waals surface area contributed by atoms with Gasteiger partial charge in [-0.2, -0.15) is 0 Å². The summed E-state index contributed by atoms with van der Waals surface area (Å²) in [5, 5.41) is 5.60. The van der Waals surface area contributed by atoms with Gasteiger partial charge in [-0.15, -0.1) is 0 Å². The number of nitrogens with one attached hydrogen (secondary N) is 3. The molecule has 1 aliphatic rings. The minimum atomic E-state index is -1.12. The summed E-state index contributed by atoms with van der Waals surface area (Å²) in [5.41, 5.74) is 7.27. The fourth-order valence-corrected chi connectivity index (χ4v) is 2.82. The average Bonchev–Trinajstić information content (AvgIpc) is 2.77. The van der Waals surface area contributed by atoms with Crippen molar-refractivity contribution in [1.82, 2.24) is 26.0 Å². The highest BCUT2D eigenvalue weighted by Crippen LogP contribution is 2.08. The lowest BCUT2D eigenvalue weighted by atomic mass is 10.1. The molecule has 6 amide bonds. The Hall–Kier alpha value is -3.64. The van der Waals surface area contributed by atoms with Crippen molar-refractivity contribution < 1.29 is 33.5 Å². The highest BCUT2D eigenvalue weighted by molar-refractivity contribution is 5.98. The number of piperidine rings is 1. The second-order valence-electron chi connectivity index (χ2n) is 7.40. The molecule has 0 saturated carbocycles. The van der Waals surface area contributed by atoms with Crippen molar-refractivity contribution >= 4 is 35.6 Å². The normalized spacial score (nSPS) is 15.2. The maximum Gasteiger partial charge on any atom is 0.330 e. The number of hydrogen-bond donors (Lipinski definition) is 4. The molecular formula is C20H32N6O7. The summed E-state index contributed by atoms with van der Waals surface area (Å²) in [6.45, 7) is 5.09. The van der Waals surface area contributed by atoms with E-state index < -0.39 is 48.2 Å². The van der Waals surface area contributed by atoms with Gasteiger partial charge in [-0.1, -0.05) is 0 Å². The van der Waals surface area contributed by atoms with Gasteiger partial charge in [0.2, 0.25) is 11.8 Å². The van der Waals surface area contributed by atoms with Gasteiger partial charge in [0, 0.05) is 25.2 Å². The molecular weight excluding hydrogens is 436 g/mol. The quantitative estimate of drug-likeness (QED) is 0.181. The van der Waals surface area contributed by atoms with Crippen LogP contribution in [0.1, 0.15) is 40.0 Å². The van der Waals surface area contributed by atoms with E-state index in [1.165, 1.54) is 13.8 Å². The monoisotopic (exact) mass is 468 g/mol. The van der Waals surface area contributed by atoms with Crippen LogP contribution in [0, 0.1) is 0 Å². The molecule has 0 radical (unpaired) electrons. The Morgan fingerprint density at radius 1 is 0.970 bits per heavy atom. The smallest absolute Gasteiger partial charge is 0.330 e. The lowest BCUT2D eigenvalue weighted by Crippen LogP contribution is -2.57. The Labute approximate surface area is 192 Å². The molecule has 1 rings (SSSR count). The van der Waals surface area contributed by atoms with Gasteiger partial charge in [0.15, 0.2) is 0 Å². The largest absolute Gasteiger partial charge is 0.463 e. The van der Waals surface area contributed by atoms with Crippen molar-refractivity contribution in [3.63, 3.8) is 0 Å². The van der Waals surface area contributed by atoms with E-state index in [-0.39, 0.29) is 12.6 Å². The van der Waals surface area contributed by atoms with Gasteiger partial charge in [0.05, 0.1) is 6.61 Å². The SMILES string of the molecule is CCOC(=O)/C=C/C(=O)N(CC(N)=O)NC(=O)[C@H](C)NC(=O)[C@@H](C)NC(=O)N1CCCCC1. The number of nitrogens with two attached hydrogens (primary N) is 1. The number of esters is 1. The number of nitrogens with zero attached hydrogens (tertiary/aromatic N) is 2. The number of rotatable bonds is 9. The number of primary amides is 1. The summed E-state index contributed by atoms with van der Waals surface area (Å²) in [4.78, 5) is 73.5. The van der Waals surface area contributed by atoms with E-state index in [9.17, 15) is 28.8 Å². The highest BCUT2D eigenvalue weighted by atomic mass is 16.5. The van der Waals surface area contributed by atoms with Gasteiger partial charge in [-0.3, -0.25) is 24.6 Å². The van der Waals surface area contributed by atoms with Crippen LogP contribution in [0.5, 0.6) is 0 Å². The maximum atomic E-state index is 12.4. The predicted molar refractivity (Wildman–Crippen MR) is 116 cm³/mol. The number of hydrogen-bond acceptors (Lipinski definition) is 7. The molecule has 33 heavy (non-hydrogen) atoms. The molecule has 1 fully saturated rings. The number of carbonyl (C=O) groups excluding carboxylic acids is 6. The van der Waals surface area contributed by atoms with Crippen LogP contribution < -0.4 is 21.8 Å². The van der Waals surface area contributed by atoms with Crippen LogP contribution in [0.2, 0.25) is 0 Å². The zero-order valence-corrected chi connectivity index (χ0v) is 19.1. The molecule has 0 aromatic carbocycles. The average molecular weight is 469 g/mol. The molecule has 0 aliphatic carbocycles. The second-order valence-corrected chi connectivity index (χ2v) is 7.40. The molecule has 0 bridgehead atoms. The summed E-state index contributed by atoms with van der Waals surface area (Å²) < 4.78 is 4.65. The summed E-state index contributed by atoms with van der Waals surface area (Å²) in [7, 11) is 0. The number of carbonyl (C=O) groups is 6. The van der Waals surface area contributed by atoms with E-state index in [1.54, 1.807) is 11.8 Å². The van der Waals surface area contributed by atoms with Crippen molar-refractivity contribution in [2.75, 3.05) is 26.2 Å². The van der Waals surface area contributed by atoms with Crippen molar-refractivity contribution in [2.24, 2.45) is 5.73 Å². The first-order valence-corrected chi connectivity index (χ1v) is 10.7. The van der Waals surface area contributed by atoms with Crippen LogP contribution in [-0.4, -0.2) is 83.9 Å². The summed E-state index contributed by atoms with van der Waals surface area (Å²) in [6, 6.07) is -2.39. The molecule has 184 valence electrons. The second kappa shape index (κ2) is 13.7. The third kappa shape index (κ3) is 10.0. The maximum absolute atomic E-state index is 12.4. The Bertz CT molecular complexity index is 779. The van der Waals surface area contributed by atoms with E-state index in [4.69, 9.17) is 5.73 Å². The molecule has 1 aliphatic heterocycles. The molecule has 13 nitrogen and oxygen atoms in total. The third-order valence-electron chi connectivity index (χ3n) is 4.60. The van der Waals surface area contributed by atoms with E-state index in [0.29, 0.717) is 18.1 Å². The molecule has 0 aromatic rings. The molecule has 13 heteroatoms. The van der Waals surface area contributed by atoms with Crippen molar-refractivity contribution in [3.05, 3.63) is 12.2 Å². The lowest BCUT2D eigenvalue weighted by Gasteiger charge is -2.28. The molecule has 1 saturated heterocycles. The number of likely N-dealkylation sites (tertiary alicyclic amines) is 1. The minimum absolute atomic E-state index is 0.104. The lowest BCUT2D eigenvalue weighted by molar-refractivity contribution is -0.142. The van der Waals surface area contributed by atoms with Crippen LogP contribution in [0.4, 0.5) is 4.79 Å². The van der Waals surface area contributed by atoms with Gasteiger partial charge >= 0.3 is 12.0 Å². The predicted octanol–water partition coefficient (Wildman–Crippen LogP) is -1.46. The first kappa shape index (κ1) is 27.4. The van der Waals surface area contributed by atoms with Gasteiger partial charge in [0.25, 0.3) is 11.8 Å². The topological polar surface area (TPSA) is 180 Å². The van der Waals surface area contributed by atoms with Crippen molar-refractivity contribution in [2.45, 2.75) is 52.1 Å². The van der Waals surface area contributed by atoms with Crippen molar-refractivity contribution in [3.8, 4) is 0 Å². The fraction of sp³-hybridized carbons (Fsp3) is 0.600. The molecule has 0 aromatic heterocycles. The number of ether oxygens (including phenoxy) is 1. The van der Waals surface area contributed by atoms with Crippen molar-refractivity contribution in [1.29, 1.82) is 0 Å². The number of hydrazine groups is 1. The summed E-state index contributed by atoms with van der Waals surface area (Å²) in [5.74, 6) is -4.04. The zero-order valence-electron chi connectivity index (χ0n) is 19.1. The van der Waals surface area contributed by atoms with Gasteiger partial charge < -0.3 is 26.0 Å². The third-order valence-corrected chi connectivity index (χ3v) is 4.60. The van der Waals surface area contributed by atoms with Gasteiger partial charge in [-0.05, 0) is 40.0 Å². The molecule has 0 spiro atoms. The zero-order chi connectivity index (χ0) is 25.0. The molecule has 0 unspecified atom stereocenters. The van der Waals surface area contributed by atoms with E-state index in [0.717, 1.165) is 31.4 Å². The van der Waals surface area contributed by atoms with E-state index >= 15 is 0 Å². The van der Waals surface area contributed by atoms with Crippen LogP contribution >= 0.6 is 0 Å². The fourth-order valence-electron chi connectivity index (χ4n) is 2.82. The summed E-state index contributed by atoms with van der Waals surface area (Å²) >= 11 is 0. The first-order chi connectivity index (χ1) is 15.5. The molecule has 5 N–H and O–H groups in total. The Morgan fingerprint density at radius 2 is 1.58 bits per heavy atom. The number of amides is 6. The van der Waals surface area contributed by atoms with E-state index in [1.807, 2.05) is 0 Å².